The minimum absolute atomic E-state index is 0.0594. The molecule has 0 unspecified atom stereocenters. The van der Waals surface area contributed by atoms with E-state index in [1.54, 1.807) is 0 Å². The molecule has 0 saturated heterocycles. The minimum atomic E-state index is -0.437. The van der Waals surface area contributed by atoms with Gasteiger partial charge in [0.15, 0.2) is 0 Å². The first-order chi connectivity index (χ1) is 10.5. The summed E-state index contributed by atoms with van der Waals surface area (Å²) in [5, 5.41) is 5.50. The van der Waals surface area contributed by atoms with Gasteiger partial charge in [-0.05, 0) is 37.0 Å². The highest BCUT2D eigenvalue weighted by Gasteiger charge is 2.15. The van der Waals surface area contributed by atoms with Crippen molar-refractivity contribution < 1.29 is 9.59 Å². The van der Waals surface area contributed by atoms with Crippen LogP contribution in [0.1, 0.15) is 57.0 Å². The van der Waals surface area contributed by atoms with E-state index in [9.17, 15) is 9.59 Å². The van der Waals surface area contributed by atoms with E-state index in [4.69, 9.17) is 5.73 Å². The van der Waals surface area contributed by atoms with Gasteiger partial charge < -0.3 is 16.4 Å². The molecule has 1 rings (SSSR count). The number of benzene rings is 1. The van der Waals surface area contributed by atoms with E-state index in [1.807, 2.05) is 38.1 Å². The predicted molar refractivity (Wildman–Crippen MR) is 93.4 cm³/mol. The maximum absolute atomic E-state index is 12.0. The van der Waals surface area contributed by atoms with Crippen LogP contribution in [-0.4, -0.2) is 30.4 Å². The average Bonchev–Trinajstić information content (AvgIpc) is 2.43. The fourth-order valence-electron chi connectivity index (χ4n) is 1.93. The second-order valence-electron chi connectivity index (χ2n) is 7.60. The quantitative estimate of drug-likeness (QED) is 0.749. The van der Waals surface area contributed by atoms with Crippen molar-refractivity contribution in [2.75, 3.05) is 13.1 Å². The molecule has 23 heavy (non-hydrogen) atoms. The maximum atomic E-state index is 12.0. The van der Waals surface area contributed by atoms with E-state index in [2.05, 4.69) is 31.4 Å². The molecule has 5 heteroatoms. The van der Waals surface area contributed by atoms with Gasteiger partial charge in [0, 0.05) is 30.6 Å². The summed E-state index contributed by atoms with van der Waals surface area (Å²) >= 11 is 0. The first kappa shape index (κ1) is 19.2. The molecule has 0 fully saturated rings. The van der Waals surface area contributed by atoms with E-state index < -0.39 is 5.54 Å². The number of carbonyl (C=O) groups excluding carboxylic acids is 2. The number of nitrogens with one attached hydrogen (secondary N) is 2. The van der Waals surface area contributed by atoms with Crippen molar-refractivity contribution in [2.24, 2.45) is 5.73 Å². The average molecular weight is 319 g/mol. The Morgan fingerprint density at radius 3 is 2.04 bits per heavy atom. The summed E-state index contributed by atoms with van der Waals surface area (Å²) < 4.78 is 0. The summed E-state index contributed by atoms with van der Waals surface area (Å²) in [6.07, 6.45) is 0.238. The van der Waals surface area contributed by atoms with Gasteiger partial charge in [0.1, 0.15) is 0 Å². The molecule has 1 aromatic carbocycles. The monoisotopic (exact) mass is 319 g/mol. The molecule has 0 bridgehead atoms. The van der Waals surface area contributed by atoms with Crippen LogP contribution in [0.5, 0.6) is 0 Å². The van der Waals surface area contributed by atoms with Crippen molar-refractivity contribution in [2.45, 2.75) is 52.0 Å². The molecule has 2 amide bonds. The van der Waals surface area contributed by atoms with E-state index in [0.29, 0.717) is 18.7 Å². The van der Waals surface area contributed by atoms with Crippen LogP contribution in [0.3, 0.4) is 0 Å². The van der Waals surface area contributed by atoms with Gasteiger partial charge in [-0.25, -0.2) is 0 Å². The van der Waals surface area contributed by atoms with Crippen molar-refractivity contribution in [3.05, 3.63) is 35.4 Å². The molecule has 0 aliphatic heterocycles. The van der Waals surface area contributed by atoms with Gasteiger partial charge in [-0.2, -0.15) is 0 Å². The highest BCUT2D eigenvalue weighted by molar-refractivity contribution is 5.94. The molecular weight excluding hydrogens is 290 g/mol. The first-order valence-electron chi connectivity index (χ1n) is 7.93. The molecule has 1 aromatic rings. The van der Waals surface area contributed by atoms with Crippen LogP contribution < -0.4 is 16.4 Å². The van der Waals surface area contributed by atoms with E-state index >= 15 is 0 Å². The minimum Gasteiger partial charge on any atom is -0.354 e. The fourth-order valence-corrected chi connectivity index (χ4v) is 1.93. The van der Waals surface area contributed by atoms with Gasteiger partial charge in [-0.1, -0.05) is 32.9 Å². The first-order valence-corrected chi connectivity index (χ1v) is 7.93. The Hall–Kier alpha value is -1.88. The van der Waals surface area contributed by atoms with Gasteiger partial charge in [-0.3, -0.25) is 9.59 Å². The molecule has 4 N–H and O–H groups in total. The SMILES string of the molecule is CC(C)(N)CNC(=O)CCNC(=O)c1ccc(C(C)(C)C)cc1. The molecular formula is C18H29N3O2. The summed E-state index contributed by atoms with van der Waals surface area (Å²) in [6, 6.07) is 7.55. The molecule has 0 spiro atoms. The molecule has 0 aliphatic carbocycles. The Bertz CT molecular complexity index is 537. The third-order valence-electron chi connectivity index (χ3n) is 3.39. The number of rotatable bonds is 6. The third-order valence-corrected chi connectivity index (χ3v) is 3.39. The van der Waals surface area contributed by atoms with Gasteiger partial charge in [0.05, 0.1) is 0 Å². The van der Waals surface area contributed by atoms with Gasteiger partial charge >= 0.3 is 0 Å². The molecule has 128 valence electrons. The number of carbonyl (C=O) groups is 2. The zero-order valence-corrected chi connectivity index (χ0v) is 14.8. The molecule has 0 atom stereocenters. The zero-order valence-electron chi connectivity index (χ0n) is 14.8. The fraction of sp³-hybridized carbons (Fsp3) is 0.556. The summed E-state index contributed by atoms with van der Waals surface area (Å²) in [7, 11) is 0. The second-order valence-corrected chi connectivity index (χ2v) is 7.60. The molecule has 0 aromatic heterocycles. The van der Waals surface area contributed by atoms with Crippen LogP contribution in [0.4, 0.5) is 0 Å². The summed E-state index contributed by atoms with van der Waals surface area (Å²) in [5.74, 6) is -0.288. The Labute approximate surface area is 139 Å². The lowest BCUT2D eigenvalue weighted by atomic mass is 9.87. The highest BCUT2D eigenvalue weighted by atomic mass is 16.2. The number of hydrogen-bond acceptors (Lipinski definition) is 3. The van der Waals surface area contributed by atoms with Gasteiger partial charge in [-0.15, -0.1) is 0 Å². The van der Waals surface area contributed by atoms with Crippen LogP contribution in [0, 0.1) is 0 Å². The lowest BCUT2D eigenvalue weighted by Crippen LogP contribution is -2.45. The normalized spacial score (nSPS) is 11.9. The van der Waals surface area contributed by atoms with Crippen LogP contribution in [-0.2, 0) is 10.2 Å². The van der Waals surface area contributed by atoms with Crippen molar-refractivity contribution in [1.29, 1.82) is 0 Å². The van der Waals surface area contributed by atoms with Crippen molar-refractivity contribution in [3.8, 4) is 0 Å². The predicted octanol–water partition coefficient (Wildman–Crippen LogP) is 1.96. The number of amides is 2. The third kappa shape index (κ3) is 7.28. The molecule has 0 saturated carbocycles. The zero-order chi connectivity index (χ0) is 17.7. The van der Waals surface area contributed by atoms with Crippen LogP contribution >= 0.6 is 0 Å². The van der Waals surface area contributed by atoms with Crippen LogP contribution in [0.15, 0.2) is 24.3 Å². The summed E-state index contributed by atoms with van der Waals surface area (Å²) in [6.45, 7) is 10.8. The molecule has 0 radical (unpaired) electrons. The number of hydrogen-bond donors (Lipinski definition) is 3. The van der Waals surface area contributed by atoms with Crippen LogP contribution in [0.25, 0.3) is 0 Å². The molecule has 0 heterocycles. The smallest absolute Gasteiger partial charge is 0.251 e. The summed E-state index contributed by atoms with van der Waals surface area (Å²) in [4.78, 5) is 23.7. The topological polar surface area (TPSA) is 84.2 Å². The molecule has 0 aliphatic rings. The standard InChI is InChI=1S/C18H29N3O2/c1-17(2,3)14-8-6-13(7-9-14)16(23)20-11-10-15(22)21-12-18(4,5)19/h6-9H,10-12,19H2,1-5H3,(H,20,23)(H,21,22). The van der Waals surface area contributed by atoms with Gasteiger partial charge in [0.25, 0.3) is 5.91 Å². The van der Waals surface area contributed by atoms with E-state index in [-0.39, 0.29) is 23.7 Å². The Morgan fingerprint density at radius 1 is 1.00 bits per heavy atom. The van der Waals surface area contributed by atoms with Crippen LogP contribution in [0.2, 0.25) is 0 Å². The second kappa shape index (κ2) is 7.59. The van der Waals surface area contributed by atoms with Crippen molar-refractivity contribution >= 4 is 11.8 Å². The van der Waals surface area contributed by atoms with Crippen molar-refractivity contribution in [1.82, 2.24) is 10.6 Å². The largest absolute Gasteiger partial charge is 0.354 e. The van der Waals surface area contributed by atoms with Crippen molar-refractivity contribution in [3.63, 3.8) is 0 Å². The lowest BCUT2D eigenvalue weighted by molar-refractivity contribution is -0.121. The summed E-state index contributed by atoms with van der Waals surface area (Å²) in [5.41, 5.74) is 7.19. The molecule has 5 nitrogen and oxygen atoms in total. The highest BCUT2D eigenvalue weighted by Crippen LogP contribution is 2.22. The van der Waals surface area contributed by atoms with E-state index in [1.165, 1.54) is 5.56 Å². The Balaban J connectivity index is 2.41. The van der Waals surface area contributed by atoms with Gasteiger partial charge in [0.2, 0.25) is 5.91 Å². The Kier molecular flexibility index (Phi) is 6.33. The maximum Gasteiger partial charge on any atom is 0.251 e. The number of nitrogens with two attached hydrogens (primary N) is 1. The lowest BCUT2D eigenvalue weighted by Gasteiger charge is -2.19. The Morgan fingerprint density at radius 2 is 1.57 bits per heavy atom. The van der Waals surface area contributed by atoms with E-state index in [0.717, 1.165) is 0 Å².